The summed E-state index contributed by atoms with van der Waals surface area (Å²) in [7, 11) is -2.63. The number of nitro benzene ring substituents is 2. The van der Waals surface area contributed by atoms with Crippen molar-refractivity contribution in [1.82, 2.24) is 0 Å². The van der Waals surface area contributed by atoms with E-state index in [-0.39, 0.29) is 22.0 Å². The summed E-state index contributed by atoms with van der Waals surface area (Å²) in [5.74, 6) is 0.537. The smallest absolute Gasteiger partial charge is 0.295 e. The Morgan fingerprint density at radius 2 is 1.70 bits per heavy atom. The van der Waals surface area contributed by atoms with Crippen LogP contribution in [0.15, 0.2) is 76.7 Å². The van der Waals surface area contributed by atoms with Crippen LogP contribution in [-0.2, 0) is 10.0 Å². The number of hydrazone groups is 1. The predicted octanol–water partition coefficient (Wildman–Crippen LogP) is 3.76. The maximum absolute atomic E-state index is 12.7. The van der Waals surface area contributed by atoms with E-state index in [1.54, 1.807) is 18.2 Å². The SMILES string of the molecule is COc1ccc(NS(=O)(=O)c2ccc(N/N=C/c3cccc([N+](=O)[O-])c3)c([N+](=O)[O-])c2)cc1. The predicted molar refractivity (Wildman–Crippen MR) is 121 cm³/mol. The summed E-state index contributed by atoms with van der Waals surface area (Å²) in [6.07, 6.45) is 1.24. The number of nitrogens with zero attached hydrogens (tertiary/aromatic N) is 3. The molecule has 33 heavy (non-hydrogen) atoms. The molecule has 0 radical (unpaired) electrons. The average Bonchev–Trinajstić information content (AvgIpc) is 2.79. The Balaban J connectivity index is 1.81. The molecule has 0 aliphatic rings. The molecule has 0 unspecified atom stereocenters. The van der Waals surface area contributed by atoms with Crippen LogP contribution in [0.25, 0.3) is 0 Å². The Morgan fingerprint density at radius 3 is 2.33 bits per heavy atom. The maximum atomic E-state index is 12.7. The lowest BCUT2D eigenvalue weighted by atomic mass is 10.2. The Morgan fingerprint density at radius 1 is 0.970 bits per heavy atom. The second-order valence-electron chi connectivity index (χ2n) is 6.49. The summed E-state index contributed by atoms with van der Waals surface area (Å²) in [6, 6.07) is 15.0. The van der Waals surface area contributed by atoms with E-state index in [2.05, 4.69) is 15.2 Å². The molecule has 0 aromatic heterocycles. The van der Waals surface area contributed by atoms with Crippen molar-refractivity contribution in [2.24, 2.45) is 5.10 Å². The molecule has 0 aliphatic carbocycles. The van der Waals surface area contributed by atoms with Gasteiger partial charge in [0.15, 0.2) is 0 Å². The number of ether oxygens (including phenoxy) is 1. The van der Waals surface area contributed by atoms with Crippen LogP contribution >= 0.6 is 0 Å². The molecular formula is C20H17N5O7S. The Bertz CT molecular complexity index is 1320. The van der Waals surface area contributed by atoms with Crippen LogP contribution in [0.2, 0.25) is 0 Å². The van der Waals surface area contributed by atoms with Gasteiger partial charge < -0.3 is 4.74 Å². The first-order valence-corrected chi connectivity index (χ1v) is 10.7. The fraction of sp³-hybridized carbons (Fsp3) is 0.0500. The highest BCUT2D eigenvalue weighted by Gasteiger charge is 2.21. The largest absolute Gasteiger partial charge is 0.497 e. The molecule has 0 saturated carbocycles. The number of anilines is 2. The van der Waals surface area contributed by atoms with E-state index in [4.69, 9.17) is 4.74 Å². The molecule has 0 aliphatic heterocycles. The average molecular weight is 471 g/mol. The number of nitro groups is 2. The summed E-state index contributed by atoms with van der Waals surface area (Å²) in [5, 5.41) is 26.2. The fourth-order valence-electron chi connectivity index (χ4n) is 2.69. The number of sulfonamides is 1. The highest BCUT2D eigenvalue weighted by molar-refractivity contribution is 7.92. The van der Waals surface area contributed by atoms with E-state index in [1.165, 1.54) is 55.8 Å². The topological polar surface area (TPSA) is 166 Å². The Kier molecular flexibility index (Phi) is 6.83. The van der Waals surface area contributed by atoms with E-state index < -0.39 is 25.6 Å². The first-order valence-electron chi connectivity index (χ1n) is 9.18. The van der Waals surface area contributed by atoms with Crippen molar-refractivity contribution in [2.75, 3.05) is 17.3 Å². The number of nitrogens with one attached hydrogen (secondary N) is 2. The molecule has 3 aromatic carbocycles. The fourth-order valence-corrected chi connectivity index (χ4v) is 3.77. The quantitative estimate of drug-likeness (QED) is 0.270. The van der Waals surface area contributed by atoms with Crippen molar-refractivity contribution in [2.45, 2.75) is 4.90 Å². The van der Waals surface area contributed by atoms with Crippen molar-refractivity contribution >= 4 is 39.0 Å². The van der Waals surface area contributed by atoms with E-state index in [0.29, 0.717) is 11.3 Å². The minimum absolute atomic E-state index is 0.0647. The lowest BCUT2D eigenvalue weighted by molar-refractivity contribution is -0.384. The Hall–Kier alpha value is -4.52. The number of hydrogen-bond acceptors (Lipinski definition) is 9. The second kappa shape index (κ2) is 9.74. The van der Waals surface area contributed by atoms with Crippen LogP contribution in [0.4, 0.5) is 22.7 Å². The Labute approximate surface area is 187 Å². The van der Waals surface area contributed by atoms with Crippen LogP contribution in [0.5, 0.6) is 5.75 Å². The van der Waals surface area contributed by atoms with Gasteiger partial charge in [0.25, 0.3) is 21.4 Å². The molecule has 3 rings (SSSR count). The molecular weight excluding hydrogens is 454 g/mol. The first kappa shape index (κ1) is 23.1. The lowest BCUT2D eigenvalue weighted by Crippen LogP contribution is -2.13. The summed E-state index contributed by atoms with van der Waals surface area (Å²) < 4.78 is 32.7. The minimum Gasteiger partial charge on any atom is -0.497 e. The van der Waals surface area contributed by atoms with Crippen molar-refractivity contribution in [3.05, 3.63) is 92.5 Å². The van der Waals surface area contributed by atoms with Gasteiger partial charge in [-0.3, -0.25) is 30.4 Å². The first-order chi connectivity index (χ1) is 15.7. The molecule has 170 valence electrons. The monoisotopic (exact) mass is 471 g/mol. The van der Waals surface area contributed by atoms with Crippen LogP contribution in [-0.4, -0.2) is 31.6 Å². The molecule has 0 bridgehead atoms. The molecule has 0 spiro atoms. The van der Waals surface area contributed by atoms with Gasteiger partial charge in [0.2, 0.25) is 0 Å². The molecule has 0 fully saturated rings. The highest BCUT2D eigenvalue weighted by Crippen LogP contribution is 2.29. The van der Waals surface area contributed by atoms with Crippen LogP contribution < -0.4 is 14.9 Å². The van der Waals surface area contributed by atoms with Crippen LogP contribution in [0.3, 0.4) is 0 Å². The van der Waals surface area contributed by atoms with Crippen molar-refractivity contribution in [3.63, 3.8) is 0 Å². The van der Waals surface area contributed by atoms with E-state index in [9.17, 15) is 28.6 Å². The highest BCUT2D eigenvalue weighted by atomic mass is 32.2. The second-order valence-corrected chi connectivity index (χ2v) is 8.17. The normalized spacial score (nSPS) is 11.2. The van der Waals surface area contributed by atoms with Gasteiger partial charge in [0.1, 0.15) is 11.4 Å². The number of hydrogen-bond donors (Lipinski definition) is 2. The summed E-state index contributed by atoms with van der Waals surface area (Å²) in [6.45, 7) is 0. The van der Waals surface area contributed by atoms with E-state index >= 15 is 0 Å². The minimum atomic E-state index is -4.11. The van der Waals surface area contributed by atoms with Crippen LogP contribution in [0.1, 0.15) is 5.56 Å². The number of non-ortho nitro benzene ring substituents is 1. The molecule has 2 N–H and O–H groups in total. The summed E-state index contributed by atoms with van der Waals surface area (Å²) in [4.78, 5) is 20.7. The standard InChI is InChI=1S/C20H17N5O7S/c1-32-17-7-5-15(6-8-17)23-33(30,31)18-9-10-19(20(12-18)25(28)29)22-21-13-14-3-2-4-16(11-14)24(26)27/h2-13,22-23H,1H3/b21-13+. The molecule has 3 aromatic rings. The molecule has 0 amide bonds. The van der Waals surface area contributed by atoms with Crippen LogP contribution in [0, 0.1) is 20.2 Å². The van der Waals surface area contributed by atoms with Gasteiger partial charge in [-0.2, -0.15) is 5.10 Å². The molecule has 13 heteroatoms. The van der Waals surface area contributed by atoms with Gasteiger partial charge in [0.05, 0.1) is 28.1 Å². The van der Waals surface area contributed by atoms with Gasteiger partial charge >= 0.3 is 0 Å². The van der Waals surface area contributed by atoms with E-state index in [1.807, 2.05) is 0 Å². The zero-order chi connectivity index (χ0) is 24.0. The van der Waals surface area contributed by atoms with Crippen molar-refractivity contribution < 1.29 is 23.0 Å². The third kappa shape index (κ3) is 5.80. The van der Waals surface area contributed by atoms with Gasteiger partial charge in [-0.1, -0.05) is 12.1 Å². The number of methoxy groups -OCH3 is 1. The third-order valence-electron chi connectivity index (χ3n) is 4.30. The lowest BCUT2D eigenvalue weighted by Gasteiger charge is -2.10. The van der Waals surface area contributed by atoms with Gasteiger partial charge in [-0.25, -0.2) is 8.42 Å². The summed E-state index contributed by atoms with van der Waals surface area (Å²) in [5.41, 5.74) is 2.38. The molecule has 12 nitrogen and oxygen atoms in total. The van der Waals surface area contributed by atoms with Gasteiger partial charge in [-0.05, 0) is 36.4 Å². The number of rotatable bonds is 9. The maximum Gasteiger partial charge on any atom is 0.295 e. The van der Waals surface area contributed by atoms with Gasteiger partial charge in [-0.15, -0.1) is 0 Å². The molecule has 0 heterocycles. The zero-order valence-corrected chi connectivity index (χ0v) is 17.9. The van der Waals surface area contributed by atoms with Crippen molar-refractivity contribution in [1.29, 1.82) is 0 Å². The number of benzene rings is 3. The molecule has 0 saturated heterocycles. The van der Waals surface area contributed by atoms with E-state index in [0.717, 1.165) is 6.07 Å². The molecule has 0 atom stereocenters. The van der Waals surface area contributed by atoms with Gasteiger partial charge in [0, 0.05) is 29.4 Å². The zero-order valence-electron chi connectivity index (χ0n) is 17.0. The van der Waals surface area contributed by atoms with Crippen molar-refractivity contribution in [3.8, 4) is 5.75 Å². The summed E-state index contributed by atoms with van der Waals surface area (Å²) >= 11 is 0. The third-order valence-corrected chi connectivity index (χ3v) is 5.68.